The molecular formula is C18H30N2O. The molecule has 1 aromatic carbocycles. The van der Waals surface area contributed by atoms with Crippen molar-refractivity contribution in [3.63, 3.8) is 0 Å². The van der Waals surface area contributed by atoms with Gasteiger partial charge in [-0.05, 0) is 43.8 Å². The maximum absolute atomic E-state index is 5.58. The predicted octanol–water partition coefficient (Wildman–Crippen LogP) is 2.91. The van der Waals surface area contributed by atoms with Gasteiger partial charge in [0.15, 0.2) is 0 Å². The Bertz CT molecular complexity index is 387. The van der Waals surface area contributed by atoms with Crippen LogP contribution in [0.3, 0.4) is 0 Å². The standard InChI is InChI=1S/C18H30N2O/c1-3-11-19-15-18(9-12-21-13-10-18)16-20(2)14-17-7-5-4-6-8-17/h4-8,19H,3,9-16H2,1-2H3. The molecule has 1 aliphatic heterocycles. The maximum atomic E-state index is 5.58. The van der Waals surface area contributed by atoms with Crippen molar-refractivity contribution in [1.82, 2.24) is 10.2 Å². The van der Waals surface area contributed by atoms with Crippen molar-refractivity contribution >= 4 is 0 Å². The molecule has 1 saturated heterocycles. The Morgan fingerprint density at radius 3 is 2.57 bits per heavy atom. The van der Waals surface area contributed by atoms with Crippen molar-refractivity contribution < 1.29 is 4.74 Å². The van der Waals surface area contributed by atoms with E-state index in [-0.39, 0.29) is 0 Å². The monoisotopic (exact) mass is 290 g/mol. The van der Waals surface area contributed by atoms with E-state index < -0.39 is 0 Å². The van der Waals surface area contributed by atoms with Crippen LogP contribution in [0.2, 0.25) is 0 Å². The second kappa shape index (κ2) is 8.52. The average molecular weight is 290 g/mol. The third kappa shape index (κ3) is 5.42. The summed E-state index contributed by atoms with van der Waals surface area (Å²) in [5.41, 5.74) is 1.76. The molecule has 3 nitrogen and oxygen atoms in total. The Labute approximate surface area is 129 Å². The molecule has 1 aromatic rings. The van der Waals surface area contributed by atoms with E-state index in [1.54, 1.807) is 0 Å². The molecule has 0 radical (unpaired) electrons. The van der Waals surface area contributed by atoms with E-state index in [9.17, 15) is 0 Å². The zero-order valence-electron chi connectivity index (χ0n) is 13.6. The van der Waals surface area contributed by atoms with Gasteiger partial charge in [0.05, 0.1) is 0 Å². The van der Waals surface area contributed by atoms with Crippen molar-refractivity contribution in [1.29, 1.82) is 0 Å². The highest BCUT2D eigenvalue weighted by molar-refractivity contribution is 5.14. The molecule has 0 aliphatic carbocycles. The van der Waals surface area contributed by atoms with Crippen LogP contribution in [0.4, 0.5) is 0 Å². The number of nitrogens with zero attached hydrogens (tertiary/aromatic N) is 1. The first-order valence-corrected chi connectivity index (χ1v) is 8.25. The summed E-state index contributed by atoms with van der Waals surface area (Å²) >= 11 is 0. The fraction of sp³-hybridized carbons (Fsp3) is 0.667. The van der Waals surface area contributed by atoms with Gasteiger partial charge in [0, 0.05) is 32.8 Å². The van der Waals surface area contributed by atoms with E-state index in [1.165, 1.54) is 24.8 Å². The highest BCUT2D eigenvalue weighted by Crippen LogP contribution is 2.31. The minimum Gasteiger partial charge on any atom is -0.381 e. The Morgan fingerprint density at radius 1 is 1.19 bits per heavy atom. The van der Waals surface area contributed by atoms with Crippen molar-refractivity contribution in [2.45, 2.75) is 32.7 Å². The minimum absolute atomic E-state index is 0.372. The summed E-state index contributed by atoms with van der Waals surface area (Å²) in [5.74, 6) is 0. The van der Waals surface area contributed by atoms with Crippen molar-refractivity contribution in [2.24, 2.45) is 5.41 Å². The van der Waals surface area contributed by atoms with Crippen LogP contribution in [0, 0.1) is 5.41 Å². The summed E-state index contributed by atoms with van der Waals surface area (Å²) in [5, 5.41) is 3.63. The van der Waals surface area contributed by atoms with Crippen molar-refractivity contribution in [3.8, 4) is 0 Å². The quantitative estimate of drug-likeness (QED) is 0.745. The van der Waals surface area contributed by atoms with Gasteiger partial charge in [0.2, 0.25) is 0 Å². The van der Waals surface area contributed by atoms with Gasteiger partial charge in [-0.1, -0.05) is 37.3 Å². The number of ether oxygens (including phenoxy) is 1. The number of nitrogens with one attached hydrogen (secondary N) is 1. The van der Waals surface area contributed by atoms with E-state index in [0.29, 0.717) is 5.41 Å². The lowest BCUT2D eigenvalue weighted by atomic mass is 9.79. The van der Waals surface area contributed by atoms with E-state index in [1.807, 2.05) is 0 Å². The summed E-state index contributed by atoms with van der Waals surface area (Å²) in [6, 6.07) is 10.7. The van der Waals surface area contributed by atoms with Gasteiger partial charge in [-0.25, -0.2) is 0 Å². The molecule has 1 fully saturated rings. The van der Waals surface area contributed by atoms with Crippen LogP contribution in [0.25, 0.3) is 0 Å². The Kier molecular flexibility index (Phi) is 6.68. The predicted molar refractivity (Wildman–Crippen MR) is 88.4 cm³/mol. The SMILES string of the molecule is CCCNCC1(CN(C)Cc2ccccc2)CCOCC1. The second-order valence-electron chi connectivity index (χ2n) is 6.45. The fourth-order valence-electron chi connectivity index (χ4n) is 3.25. The molecule has 0 bridgehead atoms. The van der Waals surface area contributed by atoms with Crippen LogP contribution in [-0.2, 0) is 11.3 Å². The van der Waals surface area contributed by atoms with Gasteiger partial charge in [0.1, 0.15) is 0 Å². The maximum Gasteiger partial charge on any atom is 0.0472 e. The molecule has 2 rings (SSSR count). The fourth-order valence-corrected chi connectivity index (χ4v) is 3.25. The molecule has 0 spiro atoms. The highest BCUT2D eigenvalue weighted by atomic mass is 16.5. The molecule has 1 heterocycles. The van der Waals surface area contributed by atoms with Crippen molar-refractivity contribution in [2.75, 3.05) is 39.9 Å². The van der Waals surface area contributed by atoms with Gasteiger partial charge in [-0.3, -0.25) is 0 Å². The van der Waals surface area contributed by atoms with Crippen LogP contribution in [-0.4, -0.2) is 44.8 Å². The molecular weight excluding hydrogens is 260 g/mol. The Hall–Kier alpha value is -0.900. The summed E-state index contributed by atoms with van der Waals surface area (Å²) in [6.07, 6.45) is 3.54. The molecule has 3 heteroatoms. The van der Waals surface area contributed by atoms with Gasteiger partial charge in [0.25, 0.3) is 0 Å². The Balaban J connectivity index is 1.90. The number of benzene rings is 1. The number of rotatable bonds is 8. The van der Waals surface area contributed by atoms with E-state index in [0.717, 1.165) is 39.4 Å². The van der Waals surface area contributed by atoms with E-state index in [2.05, 4.69) is 54.5 Å². The summed E-state index contributed by atoms with van der Waals surface area (Å²) in [4.78, 5) is 2.47. The first-order chi connectivity index (χ1) is 10.2. The highest BCUT2D eigenvalue weighted by Gasteiger charge is 2.33. The molecule has 0 saturated carbocycles. The number of hydrogen-bond acceptors (Lipinski definition) is 3. The third-order valence-electron chi connectivity index (χ3n) is 4.38. The van der Waals surface area contributed by atoms with Gasteiger partial charge in [-0.2, -0.15) is 0 Å². The lowest BCUT2D eigenvalue weighted by Gasteiger charge is -2.40. The summed E-state index contributed by atoms with van der Waals surface area (Å²) < 4.78 is 5.58. The minimum atomic E-state index is 0.372. The molecule has 0 unspecified atom stereocenters. The molecule has 118 valence electrons. The summed E-state index contributed by atoms with van der Waals surface area (Å²) in [7, 11) is 2.24. The van der Waals surface area contributed by atoms with Crippen LogP contribution in [0.1, 0.15) is 31.7 Å². The van der Waals surface area contributed by atoms with E-state index >= 15 is 0 Å². The molecule has 1 aliphatic rings. The molecule has 21 heavy (non-hydrogen) atoms. The first kappa shape index (κ1) is 16.5. The zero-order chi connectivity index (χ0) is 15.0. The van der Waals surface area contributed by atoms with Crippen LogP contribution in [0.5, 0.6) is 0 Å². The van der Waals surface area contributed by atoms with Gasteiger partial charge < -0.3 is 15.0 Å². The third-order valence-corrected chi connectivity index (χ3v) is 4.38. The smallest absolute Gasteiger partial charge is 0.0472 e. The number of hydrogen-bond donors (Lipinski definition) is 1. The first-order valence-electron chi connectivity index (χ1n) is 8.25. The molecule has 0 amide bonds. The van der Waals surface area contributed by atoms with E-state index in [4.69, 9.17) is 4.74 Å². The molecule has 0 aromatic heterocycles. The topological polar surface area (TPSA) is 24.5 Å². The second-order valence-corrected chi connectivity index (χ2v) is 6.45. The zero-order valence-corrected chi connectivity index (χ0v) is 13.6. The normalized spacial score (nSPS) is 18.0. The van der Waals surface area contributed by atoms with Crippen molar-refractivity contribution in [3.05, 3.63) is 35.9 Å². The van der Waals surface area contributed by atoms with Gasteiger partial charge >= 0.3 is 0 Å². The largest absolute Gasteiger partial charge is 0.381 e. The molecule has 0 atom stereocenters. The van der Waals surface area contributed by atoms with Crippen LogP contribution in [0.15, 0.2) is 30.3 Å². The van der Waals surface area contributed by atoms with Crippen LogP contribution >= 0.6 is 0 Å². The summed E-state index contributed by atoms with van der Waals surface area (Å²) in [6.45, 7) is 8.44. The van der Waals surface area contributed by atoms with Gasteiger partial charge in [-0.15, -0.1) is 0 Å². The lowest BCUT2D eigenvalue weighted by Crippen LogP contribution is -2.46. The van der Waals surface area contributed by atoms with Crippen LogP contribution < -0.4 is 5.32 Å². The average Bonchev–Trinajstić information content (AvgIpc) is 2.49. The molecule has 1 N–H and O–H groups in total. The lowest BCUT2D eigenvalue weighted by molar-refractivity contribution is -0.00154. The Morgan fingerprint density at radius 2 is 1.90 bits per heavy atom.